The number of rotatable bonds is 4. The van der Waals surface area contributed by atoms with Crippen LogP contribution in [-0.2, 0) is 11.3 Å². The molecule has 1 atom stereocenters. The molecule has 1 fully saturated rings. The fourth-order valence-corrected chi connectivity index (χ4v) is 3.17. The predicted molar refractivity (Wildman–Crippen MR) is 89.9 cm³/mol. The molecule has 0 aliphatic carbocycles. The molecule has 0 spiro atoms. The monoisotopic (exact) mass is 330 g/mol. The first-order valence-corrected chi connectivity index (χ1v) is 8.30. The maximum Gasteiger partial charge on any atom is 0.247 e. The van der Waals surface area contributed by atoms with Gasteiger partial charge in [-0.3, -0.25) is 14.4 Å². The van der Waals surface area contributed by atoms with Crippen LogP contribution in [-0.4, -0.2) is 51.7 Å². The molecule has 0 radical (unpaired) electrons. The van der Waals surface area contributed by atoms with Gasteiger partial charge in [0.2, 0.25) is 5.91 Å². The van der Waals surface area contributed by atoms with Crippen molar-refractivity contribution < 1.29 is 9.18 Å². The van der Waals surface area contributed by atoms with Gasteiger partial charge in [0.15, 0.2) is 0 Å². The van der Waals surface area contributed by atoms with Crippen LogP contribution in [0.1, 0.15) is 24.2 Å². The summed E-state index contributed by atoms with van der Waals surface area (Å²) < 4.78 is 15.0. The van der Waals surface area contributed by atoms with Gasteiger partial charge < -0.3 is 4.90 Å². The summed E-state index contributed by atoms with van der Waals surface area (Å²) in [6, 6.07) is 8.32. The highest BCUT2D eigenvalue weighted by Crippen LogP contribution is 2.15. The molecule has 1 aliphatic rings. The highest BCUT2D eigenvalue weighted by atomic mass is 19.1. The van der Waals surface area contributed by atoms with E-state index in [0.717, 1.165) is 24.3 Å². The van der Waals surface area contributed by atoms with Gasteiger partial charge in [-0.05, 0) is 37.6 Å². The molecule has 2 heterocycles. The van der Waals surface area contributed by atoms with Crippen molar-refractivity contribution in [3.8, 4) is 0 Å². The van der Waals surface area contributed by atoms with E-state index < -0.39 is 0 Å². The minimum atomic E-state index is -0.283. The minimum Gasteiger partial charge on any atom is -0.338 e. The number of aryl methyl sites for hydroxylation is 1. The number of carbonyl (C=O) groups excluding carboxylic acids is 1. The van der Waals surface area contributed by atoms with Crippen LogP contribution in [0.3, 0.4) is 0 Å². The lowest BCUT2D eigenvalue weighted by Gasteiger charge is -2.36. The molecule has 5 nitrogen and oxygen atoms in total. The summed E-state index contributed by atoms with van der Waals surface area (Å²) in [7, 11) is 0. The Labute approximate surface area is 141 Å². The molecule has 6 heteroatoms. The van der Waals surface area contributed by atoms with E-state index in [0.29, 0.717) is 19.6 Å². The second-order valence-electron chi connectivity index (χ2n) is 6.32. The van der Waals surface area contributed by atoms with Crippen LogP contribution in [0.25, 0.3) is 0 Å². The Balaban J connectivity index is 1.55. The van der Waals surface area contributed by atoms with E-state index in [1.807, 2.05) is 30.9 Å². The number of hydrogen-bond acceptors (Lipinski definition) is 3. The van der Waals surface area contributed by atoms with Crippen molar-refractivity contribution in [2.45, 2.75) is 26.4 Å². The van der Waals surface area contributed by atoms with Gasteiger partial charge in [-0.15, -0.1) is 0 Å². The summed E-state index contributed by atoms with van der Waals surface area (Å²) in [5.41, 5.74) is 1.95. The molecule has 0 saturated carbocycles. The van der Waals surface area contributed by atoms with Crippen molar-refractivity contribution in [1.29, 1.82) is 0 Å². The van der Waals surface area contributed by atoms with Gasteiger partial charge in [0.25, 0.3) is 0 Å². The van der Waals surface area contributed by atoms with E-state index in [4.69, 9.17) is 0 Å². The van der Waals surface area contributed by atoms with Crippen LogP contribution in [0, 0.1) is 12.7 Å². The molecule has 2 aromatic rings. The summed E-state index contributed by atoms with van der Waals surface area (Å²) in [6.45, 7) is 7.54. The lowest BCUT2D eigenvalue weighted by atomic mass is 10.2. The van der Waals surface area contributed by atoms with E-state index in [9.17, 15) is 9.18 Å². The zero-order chi connectivity index (χ0) is 17.1. The Morgan fingerprint density at radius 3 is 2.62 bits per heavy atom. The maximum absolute atomic E-state index is 13.3. The number of carbonyl (C=O) groups is 1. The molecular formula is C18H23FN4O. The topological polar surface area (TPSA) is 41.4 Å². The van der Waals surface area contributed by atoms with Crippen molar-refractivity contribution in [2.75, 3.05) is 26.2 Å². The average molecular weight is 330 g/mol. The smallest absolute Gasteiger partial charge is 0.247 e. The summed E-state index contributed by atoms with van der Waals surface area (Å²) in [5, 5.41) is 4.23. The number of hydrogen-bond donors (Lipinski definition) is 0. The van der Waals surface area contributed by atoms with Gasteiger partial charge in [0.05, 0.1) is 0 Å². The third kappa shape index (κ3) is 3.64. The van der Waals surface area contributed by atoms with E-state index in [-0.39, 0.29) is 17.8 Å². The average Bonchev–Trinajstić information content (AvgIpc) is 3.00. The van der Waals surface area contributed by atoms with E-state index in [2.05, 4.69) is 10.00 Å². The number of benzene rings is 1. The fraction of sp³-hybridized carbons (Fsp3) is 0.444. The predicted octanol–water partition coefficient (Wildman–Crippen LogP) is 2.24. The Bertz CT molecular complexity index is 707. The molecule has 128 valence electrons. The first kappa shape index (κ1) is 16.6. The molecule has 1 amide bonds. The van der Waals surface area contributed by atoms with E-state index in [1.54, 1.807) is 23.0 Å². The lowest BCUT2D eigenvalue weighted by Crippen LogP contribution is -2.50. The van der Waals surface area contributed by atoms with Gasteiger partial charge in [-0.2, -0.15) is 5.10 Å². The van der Waals surface area contributed by atoms with Crippen LogP contribution in [0.5, 0.6) is 0 Å². The van der Waals surface area contributed by atoms with Crippen LogP contribution in [0.2, 0.25) is 0 Å². The SMILES string of the molecule is Cc1ccnn1C(C)C(=O)N1CCN(Cc2cccc(F)c2)CC1. The molecule has 1 aromatic heterocycles. The highest BCUT2D eigenvalue weighted by molar-refractivity contribution is 5.80. The molecule has 1 saturated heterocycles. The van der Waals surface area contributed by atoms with Crippen LogP contribution in [0.4, 0.5) is 4.39 Å². The number of piperazine rings is 1. The van der Waals surface area contributed by atoms with Gasteiger partial charge in [0.1, 0.15) is 11.9 Å². The minimum absolute atomic E-state index is 0.104. The summed E-state index contributed by atoms with van der Waals surface area (Å²) in [6.07, 6.45) is 1.72. The van der Waals surface area contributed by atoms with Crippen molar-refractivity contribution in [2.24, 2.45) is 0 Å². The second-order valence-corrected chi connectivity index (χ2v) is 6.32. The molecule has 1 unspecified atom stereocenters. The first-order chi connectivity index (χ1) is 11.5. The summed E-state index contributed by atoms with van der Waals surface area (Å²) >= 11 is 0. The van der Waals surface area contributed by atoms with Crippen molar-refractivity contribution in [3.63, 3.8) is 0 Å². The number of amides is 1. The number of halogens is 1. The standard InChI is InChI=1S/C18H23FN4O/c1-14-6-7-20-23(14)15(2)18(24)22-10-8-21(9-11-22)13-16-4-3-5-17(19)12-16/h3-7,12,15H,8-11,13H2,1-2H3. The Morgan fingerprint density at radius 2 is 2.00 bits per heavy atom. The van der Waals surface area contributed by atoms with Gasteiger partial charge >= 0.3 is 0 Å². The Kier molecular flexibility index (Phi) is 4.94. The van der Waals surface area contributed by atoms with Gasteiger partial charge in [-0.1, -0.05) is 12.1 Å². The summed E-state index contributed by atoms with van der Waals surface area (Å²) in [5.74, 6) is -0.100. The first-order valence-electron chi connectivity index (χ1n) is 8.30. The fourth-order valence-electron chi connectivity index (χ4n) is 3.17. The van der Waals surface area contributed by atoms with Gasteiger partial charge in [-0.25, -0.2) is 4.39 Å². The van der Waals surface area contributed by atoms with Crippen molar-refractivity contribution in [1.82, 2.24) is 19.6 Å². The van der Waals surface area contributed by atoms with Crippen molar-refractivity contribution >= 4 is 5.91 Å². The zero-order valence-electron chi connectivity index (χ0n) is 14.2. The Hall–Kier alpha value is -2.21. The van der Waals surface area contributed by atoms with Crippen LogP contribution < -0.4 is 0 Å². The van der Waals surface area contributed by atoms with Crippen LogP contribution in [0.15, 0.2) is 36.5 Å². The van der Waals surface area contributed by atoms with Gasteiger partial charge in [0, 0.05) is 44.6 Å². The largest absolute Gasteiger partial charge is 0.338 e. The van der Waals surface area contributed by atoms with Crippen molar-refractivity contribution in [3.05, 3.63) is 53.6 Å². The zero-order valence-corrected chi connectivity index (χ0v) is 14.2. The molecule has 3 rings (SSSR count). The molecular weight excluding hydrogens is 307 g/mol. The molecule has 0 bridgehead atoms. The molecule has 1 aliphatic heterocycles. The Morgan fingerprint density at radius 1 is 1.25 bits per heavy atom. The van der Waals surface area contributed by atoms with E-state index in [1.165, 1.54) is 6.07 Å². The third-order valence-electron chi connectivity index (χ3n) is 4.57. The molecule has 0 N–H and O–H groups in total. The normalized spacial score (nSPS) is 17.0. The third-order valence-corrected chi connectivity index (χ3v) is 4.57. The molecule has 1 aromatic carbocycles. The van der Waals surface area contributed by atoms with E-state index >= 15 is 0 Å². The lowest BCUT2D eigenvalue weighted by molar-refractivity contribution is -0.136. The maximum atomic E-state index is 13.3. The summed E-state index contributed by atoms with van der Waals surface area (Å²) in [4.78, 5) is 16.8. The number of aromatic nitrogens is 2. The molecule has 24 heavy (non-hydrogen) atoms. The quantitative estimate of drug-likeness (QED) is 0.863. The van der Waals surface area contributed by atoms with Crippen LogP contribution >= 0.6 is 0 Å². The number of nitrogens with zero attached hydrogens (tertiary/aromatic N) is 4. The second kappa shape index (κ2) is 7.13. The highest BCUT2D eigenvalue weighted by Gasteiger charge is 2.26.